The summed E-state index contributed by atoms with van der Waals surface area (Å²) in [7, 11) is 0. The lowest BCUT2D eigenvalue weighted by atomic mass is 10.1. The minimum absolute atomic E-state index is 0.0925. The van der Waals surface area contributed by atoms with Gasteiger partial charge in [0.2, 0.25) is 5.69 Å². The Balaban J connectivity index is 1.74. The fraction of sp³-hybridized carbons (Fsp3) is 0.500. The standard InChI is InChI=1S/C16H21Cl2N4O/c1-13-19-12-20-22(13,14-5-6-15(17)16(18)11-14)23-10-9-21-7-3-2-4-8-21/h5-6,11-12H,2-4,7-10H2,1H3/q+1. The maximum atomic E-state index is 6.16. The van der Waals surface area contributed by atoms with E-state index in [1.54, 1.807) is 12.1 Å². The highest BCUT2D eigenvalue weighted by Gasteiger charge is 2.41. The van der Waals surface area contributed by atoms with Crippen LogP contribution in [-0.2, 0) is 4.84 Å². The summed E-state index contributed by atoms with van der Waals surface area (Å²) in [5.74, 6) is 0.752. The number of hydrogen-bond donors (Lipinski definition) is 0. The maximum absolute atomic E-state index is 6.16. The number of benzene rings is 1. The highest BCUT2D eigenvalue weighted by Crippen LogP contribution is 2.33. The second-order valence-corrected chi connectivity index (χ2v) is 6.63. The highest BCUT2D eigenvalue weighted by molar-refractivity contribution is 6.42. The number of hydrogen-bond acceptors (Lipinski definition) is 4. The summed E-state index contributed by atoms with van der Waals surface area (Å²) in [5, 5.41) is 5.43. The first-order chi connectivity index (χ1) is 11.1. The van der Waals surface area contributed by atoms with Gasteiger partial charge in [0.05, 0.1) is 10.0 Å². The van der Waals surface area contributed by atoms with E-state index < -0.39 is 0 Å². The molecule has 1 unspecified atom stereocenters. The zero-order valence-corrected chi connectivity index (χ0v) is 14.7. The Morgan fingerprint density at radius 3 is 2.61 bits per heavy atom. The minimum Gasteiger partial charge on any atom is -0.301 e. The normalized spacial score (nSPS) is 24.9. The van der Waals surface area contributed by atoms with Crippen molar-refractivity contribution in [2.75, 3.05) is 26.2 Å². The zero-order valence-electron chi connectivity index (χ0n) is 13.2. The molecule has 1 aromatic rings. The van der Waals surface area contributed by atoms with Crippen LogP contribution in [-0.4, -0.2) is 43.3 Å². The lowest BCUT2D eigenvalue weighted by Gasteiger charge is -2.28. The summed E-state index contributed by atoms with van der Waals surface area (Å²) in [5.41, 5.74) is 0.799. The second kappa shape index (κ2) is 7.28. The van der Waals surface area contributed by atoms with E-state index >= 15 is 0 Å². The van der Waals surface area contributed by atoms with E-state index in [4.69, 9.17) is 28.0 Å². The molecule has 5 nitrogen and oxygen atoms in total. The van der Waals surface area contributed by atoms with Crippen LogP contribution in [0, 0.1) is 0 Å². The van der Waals surface area contributed by atoms with E-state index in [2.05, 4.69) is 15.0 Å². The summed E-state index contributed by atoms with van der Waals surface area (Å²) < 4.78 is -0.0925. The molecule has 1 atom stereocenters. The number of halogens is 2. The molecule has 0 N–H and O–H groups in total. The van der Waals surface area contributed by atoms with Crippen molar-refractivity contribution in [3.63, 3.8) is 0 Å². The van der Waals surface area contributed by atoms with Crippen LogP contribution in [0.2, 0.25) is 10.0 Å². The molecule has 0 saturated carbocycles. The number of hydroxylamine groups is 1. The molecule has 7 heteroatoms. The molecular weight excluding hydrogens is 335 g/mol. The number of quaternary nitrogens is 1. The van der Waals surface area contributed by atoms with Crippen LogP contribution in [0.4, 0.5) is 5.69 Å². The summed E-state index contributed by atoms with van der Waals surface area (Å²) in [6.45, 7) is 5.66. The van der Waals surface area contributed by atoms with E-state index in [-0.39, 0.29) is 4.76 Å². The topological polar surface area (TPSA) is 37.2 Å². The fourth-order valence-corrected chi connectivity index (χ4v) is 3.25. The number of aliphatic imine (C=N–C) groups is 1. The van der Waals surface area contributed by atoms with Gasteiger partial charge in [0.1, 0.15) is 6.61 Å². The first kappa shape index (κ1) is 16.9. The van der Waals surface area contributed by atoms with E-state index in [1.165, 1.54) is 25.6 Å². The average molecular weight is 356 g/mol. The fourth-order valence-electron chi connectivity index (χ4n) is 2.96. The first-order valence-corrected chi connectivity index (χ1v) is 8.68. The smallest absolute Gasteiger partial charge is 0.267 e. The Labute approximate surface area is 146 Å². The van der Waals surface area contributed by atoms with Gasteiger partial charge in [-0.05, 0) is 37.1 Å². The van der Waals surface area contributed by atoms with Crippen molar-refractivity contribution in [1.29, 1.82) is 0 Å². The van der Waals surface area contributed by atoms with Gasteiger partial charge in [-0.1, -0.05) is 29.6 Å². The van der Waals surface area contributed by atoms with E-state index in [0.29, 0.717) is 16.7 Å². The molecule has 0 bridgehead atoms. The molecule has 0 spiro atoms. The Kier molecular flexibility index (Phi) is 5.34. The van der Waals surface area contributed by atoms with Crippen molar-refractivity contribution in [3.8, 4) is 0 Å². The first-order valence-electron chi connectivity index (χ1n) is 7.92. The Bertz CT molecular complexity index is 629. The highest BCUT2D eigenvalue weighted by atomic mass is 35.5. The molecular formula is C16H21Cl2N4O+. The summed E-state index contributed by atoms with van der Waals surface area (Å²) in [6.07, 6.45) is 5.40. The van der Waals surface area contributed by atoms with Crippen molar-refractivity contribution < 1.29 is 4.84 Å². The third-order valence-electron chi connectivity index (χ3n) is 4.28. The summed E-state index contributed by atoms with van der Waals surface area (Å²) >= 11 is 12.2. The van der Waals surface area contributed by atoms with Gasteiger partial charge in [-0.15, -0.1) is 0 Å². The van der Waals surface area contributed by atoms with Gasteiger partial charge in [0, 0.05) is 30.4 Å². The largest absolute Gasteiger partial charge is 0.301 e. The second-order valence-electron chi connectivity index (χ2n) is 5.82. The number of likely N-dealkylation sites (tertiary alicyclic amines) is 1. The van der Waals surface area contributed by atoms with Crippen LogP contribution in [0.25, 0.3) is 0 Å². The lowest BCUT2D eigenvalue weighted by Crippen LogP contribution is -2.48. The molecule has 0 aromatic heterocycles. The molecule has 2 heterocycles. The molecule has 3 rings (SSSR count). The number of rotatable bonds is 5. The van der Waals surface area contributed by atoms with E-state index in [9.17, 15) is 0 Å². The molecule has 0 amide bonds. The quantitative estimate of drug-likeness (QED) is 0.745. The number of amidine groups is 1. The van der Waals surface area contributed by atoms with Gasteiger partial charge in [0.25, 0.3) is 5.84 Å². The van der Waals surface area contributed by atoms with Crippen LogP contribution in [0.3, 0.4) is 0 Å². The SMILES string of the molecule is CC1=NC=N[N+]1(OCCN1CCCCC1)c1ccc(Cl)c(Cl)c1. The van der Waals surface area contributed by atoms with E-state index in [0.717, 1.165) is 31.2 Å². The minimum atomic E-state index is -0.0925. The lowest BCUT2D eigenvalue weighted by molar-refractivity contribution is -0.0940. The molecule has 0 aliphatic carbocycles. The monoisotopic (exact) mass is 355 g/mol. The van der Waals surface area contributed by atoms with Crippen molar-refractivity contribution in [2.45, 2.75) is 26.2 Å². The zero-order chi connectivity index (χ0) is 16.3. The molecule has 2 aliphatic heterocycles. The van der Waals surface area contributed by atoms with Crippen LogP contribution < -0.4 is 4.76 Å². The molecule has 124 valence electrons. The van der Waals surface area contributed by atoms with Gasteiger partial charge in [-0.3, -0.25) is 0 Å². The Morgan fingerprint density at radius 2 is 1.96 bits per heavy atom. The van der Waals surface area contributed by atoms with Gasteiger partial charge in [-0.2, -0.15) is 9.83 Å². The molecule has 23 heavy (non-hydrogen) atoms. The van der Waals surface area contributed by atoms with Crippen LogP contribution in [0.15, 0.2) is 28.3 Å². The van der Waals surface area contributed by atoms with Gasteiger partial charge in [-0.25, -0.2) is 0 Å². The maximum Gasteiger partial charge on any atom is 0.267 e. The summed E-state index contributed by atoms with van der Waals surface area (Å²) in [4.78, 5) is 12.8. The van der Waals surface area contributed by atoms with Crippen molar-refractivity contribution in [1.82, 2.24) is 9.66 Å². The van der Waals surface area contributed by atoms with Crippen molar-refractivity contribution in [3.05, 3.63) is 28.2 Å². The molecule has 1 aromatic carbocycles. The third-order valence-corrected chi connectivity index (χ3v) is 5.02. The number of piperidine rings is 1. The van der Waals surface area contributed by atoms with Gasteiger partial charge >= 0.3 is 0 Å². The van der Waals surface area contributed by atoms with Crippen molar-refractivity contribution >= 4 is 41.1 Å². The molecule has 2 aliphatic rings. The van der Waals surface area contributed by atoms with Crippen LogP contribution in [0.5, 0.6) is 0 Å². The van der Waals surface area contributed by atoms with Gasteiger partial charge < -0.3 is 4.90 Å². The third kappa shape index (κ3) is 3.59. The van der Waals surface area contributed by atoms with Crippen molar-refractivity contribution in [2.24, 2.45) is 10.1 Å². The Morgan fingerprint density at radius 1 is 1.17 bits per heavy atom. The number of nitrogens with zero attached hydrogens (tertiary/aromatic N) is 4. The van der Waals surface area contributed by atoms with Crippen LogP contribution in [0.1, 0.15) is 26.2 Å². The molecule has 1 fully saturated rings. The Hall–Kier alpha value is -0.980. The predicted molar refractivity (Wildman–Crippen MR) is 96.1 cm³/mol. The predicted octanol–water partition coefficient (Wildman–Crippen LogP) is 4.09. The molecule has 1 saturated heterocycles. The summed E-state index contributed by atoms with van der Waals surface area (Å²) in [6, 6.07) is 5.41. The van der Waals surface area contributed by atoms with Crippen LogP contribution >= 0.6 is 23.2 Å². The van der Waals surface area contributed by atoms with E-state index in [1.807, 2.05) is 13.0 Å². The average Bonchev–Trinajstić information content (AvgIpc) is 2.93. The van der Waals surface area contributed by atoms with Gasteiger partial charge in [0.15, 0.2) is 6.34 Å². The molecule has 0 radical (unpaired) electrons.